The topological polar surface area (TPSA) is 52.8 Å². The predicted molar refractivity (Wildman–Crippen MR) is 118 cm³/mol. The Kier molecular flexibility index (Phi) is 6.54. The maximum absolute atomic E-state index is 11.7. The van der Waals surface area contributed by atoms with Gasteiger partial charge in [0.15, 0.2) is 0 Å². The quantitative estimate of drug-likeness (QED) is 0.784. The largest absolute Gasteiger partial charge is 0.397 e. The van der Waals surface area contributed by atoms with Crippen molar-refractivity contribution in [1.29, 1.82) is 0 Å². The van der Waals surface area contributed by atoms with Crippen molar-refractivity contribution in [3.63, 3.8) is 0 Å². The van der Waals surface area contributed by atoms with Gasteiger partial charge in [-0.1, -0.05) is 26.8 Å². The van der Waals surface area contributed by atoms with Crippen molar-refractivity contribution in [2.45, 2.75) is 58.9 Å². The highest BCUT2D eigenvalue weighted by atomic mass is 16.2. The number of piperidine rings is 1. The Morgan fingerprint density at radius 3 is 2.21 bits per heavy atom. The van der Waals surface area contributed by atoms with Crippen molar-refractivity contribution in [1.82, 2.24) is 9.80 Å². The molecule has 5 nitrogen and oxygen atoms in total. The molecule has 0 aliphatic carbocycles. The number of nitrogen functional groups attached to an aromatic ring is 1. The fraction of sp³-hybridized carbons (Fsp3) is 0.696. The number of hydrogen-bond acceptors (Lipinski definition) is 4. The van der Waals surface area contributed by atoms with Crippen LogP contribution in [0.4, 0.5) is 11.4 Å². The van der Waals surface area contributed by atoms with E-state index in [0.717, 1.165) is 63.7 Å². The van der Waals surface area contributed by atoms with E-state index in [1.54, 1.807) is 6.92 Å². The molecule has 0 aromatic heterocycles. The Bertz CT molecular complexity index is 669. The van der Waals surface area contributed by atoms with Gasteiger partial charge in [-0.05, 0) is 49.3 Å². The van der Waals surface area contributed by atoms with Crippen LogP contribution in [0.5, 0.6) is 0 Å². The van der Waals surface area contributed by atoms with E-state index in [9.17, 15) is 4.79 Å². The van der Waals surface area contributed by atoms with E-state index in [-0.39, 0.29) is 11.4 Å². The molecule has 156 valence electrons. The molecule has 0 saturated carbocycles. The van der Waals surface area contributed by atoms with Crippen molar-refractivity contribution >= 4 is 17.3 Å². The number of piperazine rings is 1. The lowest BCUT2D eigenvalue weighted by molar-refractivity contribution is -0.131. The molecule has 0 bridgehead atoms. The number of carbonyl (C=O) groups is 1. The van der Waals surface area contributed by atoms with Crippen LogP contribution in [-0.4, -0.2) is 55.0 Å². The molecule has 2 aliphatic heterocycles. The lowest BCUT2D eigenvalue weighted by Gasteiger charge is -2.48. The molecule has 0 unspecified atom stereocenters. The summed E-state index contributed by atoms with van der Waals surface area (Å²) in [5, 5.41) is 0. The first-order chi connectivity index (χ1) is 13.4. The summed E-state index contributed by atoms with van der Waals surface area (Å²) in [6.07, 6.45) is 4.60. The van der Waals surface area contributed by atoms with Gasteiger partial charge in [-0.25, -0.2) is 0 Å². The fourth-order valence-corrected chi connectivity index (χ4v) is 5.09. The van der Waals surface area contributed by atoms with Crippen molar-refractivity contribution in [3.8, 4) is 0 Å². The van der Waals surface area contributed by atoms with Gasteiger partial charge in [-0.2, -0.15) is 0 Å². The first-order valence-electron chi connectivity index (χ1n) is 11.1. The van der Waals surface area contributed by atoms with Crippen LogP contribution < -0.4 is 10.6 Å². The van der Waals surface area contributed by atoms with Crippen LogP contribution in [0.25, 0.3) is 0 Å². The summed E-state index contributed by atoms with van der Waals surface area (Å²) in [5.41, 5.74) is 9.89. The van der Waals surface area contributed by atoms with Gasteiger partial charge in [0, 0.05) is 51.7 Å². The number of benzene rings is 1. The van der Waals surface area contributed by atoms with Gasteiger partial charge in [0.05, 0.1) is 11.4 Å². The summed E-state index contributed by atoms with van der Waals surface area (Å²) in [6, 6.07) is 6.69. The second-order valence-corrected chi connectivity index (χ2v) is 8.67. The van der Waals surface area contributed by atoms with E-state index in [1.165, 1.54) is 24.1 Å². The second-order valence-electron chi connectivity index (χ2n) is 8.67. The number of hydrogen-bond donors (Lipinski definition) is 1. The summed E-state index contributed by atoms with van der Waals surface area (Å²) in [7, 11) is 0. The Balaban J connectivity index is 1.87. The molecule has 2 aliphatic rings. The molecule has 0 radical (unpaired) electrons. The normalized spacial score (nSPS) is 19.9. The molecular weight excluding hydrogens is 348 g/mol. The van der Waals surface area contributed by atoms with Crippen LogP contribution in [0.3, 0.4) is 0 Å². The van der Waals surface area contributed by atoms with Crippen LogP contribution in [-0.2, 0) is 10.3 Å². The van der Waals surface area contributed by atoms with E-state index < -0.39 is 0 Å². The van der Waals surface area contributed by atoms with Gasteiger partial charge in [0.1, 0.15) is 0 Å². The molecule has 3 rings (SSSR count). The minimum absolute atomic E-state index is 0.00834. The summed E-state index contributed by atoms with van der Waals surface area (Å²) < 4.78 is 0. The average molecular weight is 387 g/mol. The zero-order chi connectivity index (χ0) is 20.3. The predicted octanol–water partition coefficient (Wildman–Crippen LogP) is 3.68. The number of nitrogens with zero attached hydrogens (tertiary/aromatic N) is 3. The monoisotopic (exact) mass is 386 g/mol. The molecule has 2 saturated heterocycles. The number of amides is 1. The Labute approximate surface area is 170 Å². The van der Waals surface area contributed by atoms with Gasteiger partial charge < -0.3 is 15.5 Å². The lowest BCUT2D eigenvalue weighted by Crippen LogP contribution is -2.56. The summed E-state index contributed by atoms with van der Waals surface area (Å²) in [5.74, 6) is 0.996. The first kappa shape index (κ1) is 21.0. The summed E-state index contributed by atoms with van der Waals surface area (Å²) in [4.78, 5) is 18.8. The number of anilines is 2. The van der Waals surface area contributed by atoms with Crippen LogP contribution in [0, 0.1) is 5.92 Å². The van der Waals surface area contributed by atoms with Crippen LogP contribution in [0.15, 0.2) is 18.2 Å². The number of rotatable bonds is 5. The SMILES string of the molecule is CCC(CC)(c1ccc(N)c(N2CCC(C)CC2)c1)N1CCN(C(C)=O)CC1. The molecule has 1 aromatic rings. The Morgan fingerprint density at radius 2 is 1.68 bits per heavy atom. The molecule has 0 spiro atoms. The summed E-state index contributed by atoms with van der Waals surface area (Å²) >= 11 is 0. The van der Waals surface area contributed by atoms with Crippen molar-refractivity contribution in [2.75, 3.05) is 49.9 Å². The van der Waals surface area contributed by atoms with Gasteiger partial charge in [0.25, 0.3) is 0 Å². The van der Waals surface area contributed by atoms with Crippen LogP contribution in [0.1, 0.15) is 58.9 Å². The maximum Gasteiger partial charge on any atom is 0.219 e. The average Bonchev–Trinajstić information content (AvgIpc) is 2.71. The molecule has 2 fully saturated rings. The third kappa shape index (κ3) is 4.00. The zero-order valence-electron chi connectivity index (χ0n) is 18.2. The van der Waals surface area contributed by atoms with E-state index >= 15 is 0 Å². The van der Waals surface area contributed by atoms with Crippen molar-refractivity contribution in [2.24, 2.45) is 5.92 Å². The molecule has 1 aromatic carbocycles. The van der Waals surface area contributed by atoms with Crippen molar-refractivity contribution < 1.29 is 4.79 Å². The third-order valence-corrected chi connectivity index (χ3v) is 7.19. The molecule has 0 atom stereocenters. The molecule has 5 heteroatoms. The fourth-order valence-electron chi connectivity index (χ4n) is 5.09. The minimum atomic E-state index is 0.00834. The zero-order valence-corrected chi connectivity index (χ0v) is 18.2. The van der Waals surface area contributed by atoms with E-state index in [2.05, 4.69) is 48.8 Å². The summed E-state index contributed by atoms with van der Waals surface area (Å²) in [6.45, 7) is 14.3. The van der Waals surface area contributed by atoms with E-state index in [0.29, 0.717) is 0 Å². The van der Waals surface area contributed by atoms with Gasteiger partial charge in [0.2, 0.25) is 5.91 Å². The molecule has 2 heterocycles. The highest BCUT2D eigenvalue weighted by molar-refractivity contribution is 5.73. The van der Waals surface area contributed by atoms with E-state index in [1.807, 2.05) is 4.90 Å². The van der Waals surface area contributed by atoms with Gasteiger partial charge in [-0.3, -0.25) is 9.69 Å². The highest BCUT2D eigenvalue weighted by Crippen LogP contribution is 2.40. The minimum Gasteiger partial charge on any atom is -0.397 e. The Morgan fingerprint density at radius 1 is 1.07 bits per heavy atom. The number of nitrogens with two attached hydrogens (primary N) is 1. The Hall–Kier alpha value is -1.75. The highest BCUT2D eigenvalue weighted by Gasteiger charge is 2.38. The third-order valence-electron chi connectivity index (χ3n) is 7.19. The lowest BCUT2D eigenvalue weighted by atomic mass is 9.81. The van der Waals surface area contributed by atoms with Crippen LogP contribution >= 0.6 is 0 Å². The molecule has 2 N–H and O–H groups in total. The van der Waals surface area contributed by atoms with Gasteiger partial charge >= 0.3 is 0 Å². The molecule has 1 amide bonds. The second kappa shape index (κ2) is 8.73. The van der Waals surface area contributed by atoms with Gasteiger partial charge in [-0.15, -0.1) is 0 Å². The van der Waals surface area contributed by atoms with E-state index in [4.69, 9.17) is 5.73 Å². The standard InChI is InChI=1S/C23H38N4O/c1-5-23(6-2,27-15-13-25(14-16-27)19(4)28)20-7-8-21(24)22(17-20)26-11-9-18(3)10-12-26/h7-8,17-18H,5-6,9-16,24H2,1-4H3. The molecule has 28 heavy (non-hydrogen) atoms. The maximum atomic E-state index is 11.7. The number of carbonyl (C=O) groups excluding carboxylic acids is 1. The van der Waals surface area contributed by atoms with Crippen molar-refractivity contribution in [3.05, 3.63) is 23.8 Å². The molecular formula is C23H38N4O. The van der Waals surface area contributed by atoms with Crippen LogP contribution in [0.2, 0.25) is 0 Å². The first-order valence-corrected chi connectivity index (χ1v) is 11.1. The smallest absolute Gasteiger partial charge is 0.219 e.